The number of hydrogen-bond acceptors (Lipinski definition) is 28. The molecule has 5 amide bonds. The fourth-order valence-corrected chi connectivity index (χ4v) is 13.4. The van der Waals surface area contributed by atoms with Gasteiger partial charge in [0.1, 0.15) is 61.3 Å². The van der Waals surface area contributed by atoms with Crippen molar-refractivity contribution in [3.63, 3.8) is 0 Å². The number of nitrogens with two attached hydrogens (primary N) is 1. The summed E-state index contributed by atoms with van der Waals surface area (Å²) in [6.07, 6.45) is 20.7. The number of carboxylic acid groups (broad SMARTS) is 5. The van der Waals surface area contributed by atoms with Crippen LogP contribution in [-0.4, -0.2) is 290 Å². The van der Waals surface area contributed by atoms with Crippen LogP contribution in [0.1, 0.15) is 245 Å². The molecule has 5 atom stereocenters. The molecule has 131 heavy (non-hydrogen) atoms. The fourth-order valence-electron chi connectivity index (χ4n) is 13.4. The van der Waals surface area contributed by atoms with Gasteiger partial charge in [0.05, 0.1) is 121 Å². The number of unbranched alkanes of at least 4 members (excludes halogenated alkanes) is 14. The lowest BCUT2D eigenvalue weighted by molar-refractivity contribution is -0.144. The highest BCUT2D eigenvalue weighted by Gasteiger charge is 2.27. The first kappa shape index (κ1) is 115. The van der Waals surface area contributed by atoms with Crippen LogP contribution in [0.5, 0.6) is 11.5 Å². The highest BCUT2D eigenvalue weighted by atomic mass is 16.5. The van der Waals surface area contributed by atoms with Crippen LogP contribution in [0.25, 0.3) is 0 Å². The van der Waals surface area contributed by atoms with E-state index < -0.39 is 59.8 Å². The number of nitrogens with zero attached hydrogens (tertiary/aromatic N) is 1. The van der Waals surface area contributed by atoms with E-state index in [1.807, 2.05) is 0 Å². The monoisotopic (exact) mass is 1850 g/mol. The second-order valence-electron chi connectivity index (χ2n) is 32.0. The van der Waals surface area contributed by atoms with Gasteiger partial charge >= 0.3 is 29.8 Å². The lowest BCUT2D eigenvalue weighted by Crippen LogP contribution is -2.44. The number of aromatic carboxylic acids is 2. The molecule has 0 radical (unpaired) electrons. The Labute approximate surface area is 767 Å². The Kier molecular flexibility index (Phi) is 66.5. The van der Waals surface area contributed by atoms with E-state index in [2.05, 4.69) is 36.9 Å². The topological polar surface area (TPSA) is 560 Å². The Morgan fingerprint density at radius 2 is 0.779 bits per heavy atom. The third-order valence-electron chi connectivity index (χ3n) is 21.0. The number of amides is 5. The van der Waals surface area contributed by atoms with Gasteiger partial charge in [0.2, 0.25) is 29.5 Å². The van der Waals surface area contributed by atoms with E-state index in [9.17, 15) is 87.2 Å². The molecular formula is C93H144N8O30. The van der Waals surface area contributed by atoms with Gasteiger partial charge in [0.15, 0.2) is 11.6 Å². The van der Waals surface area contributed by atoms with Crippen molar-refractivity contribution in [1.82, 2.24) is 31.9 Å². The van der Waals surface area contributed by atoms with Crippen molar-refractivity contribution in [2.24, 2.45) is 22.6 Å². The zero-order valence-electron chi connectivity index (χ0n) is 76.1. The molecule has 38 heteroatoms. The van der Waals surface area contributed by atoms with E-state index in [0.717, 1.165) is 82.6 Å². The number of hydrogen-bond donors (Lipinski definition) is 12. The van der Waals surface area contributed by atoms with Crippen molar-refractivity contribution in [1.29, 1.82) is 0 Å². The van der Waals surface area contributed by atoms with Gasteiger partial charge in [0, 0.05) is 110 Å². The number of carbonyl (C=O) groups is 15. The lowest BCUT2D eigenvalue weighted by atomic mass is 9.92. The molecule has 0 bridgehead atoms. The van der Waals surface area contributed by atoms with Crippen molar-refractivity contribution in [3.8, 4) is 11.5 Å². The van der Waals surface area contributed by atoms with E-state index >= 15 is 0 Å². The second kappa shape index (κ2) is 75.6. The second-order valence-corrected chi connectivity index (χ2v) is 32.0. The van der Waals surface area contributed by atoms with Gasteiger partial charge in [-0.15, -0.1) is 0 Å². The van der Waals surface area contributed by atoms with Crippen LogP contribution in [-0.2, 0) is 100 Å². The van der Waals surface area contributed by atoms with Crippen LogP contribution in [0.4, 0.5) is 0 Å². The summed E-state index contributed by atoms with van der Waals surface area (Å²) in [5, 5.41) is 63.8. The molecule has 0 fully saturated rings. The van der Waals surface area contributed by atoms with Crippen LogP contribution in [0.2, 0.25) is 0 Å². The SMILES string of the molecule is N[C@@H](CC1=CN=CC1)C(=O)CN[C@@H](CCCCNC(=O)COCCOCCCC(=O)COCCOCCNC(=O)CC[C@H](CC(=O)CCCCCCCCCOc1ccc(C(=O)O)cc1)C(=O)O)C(=O)CC[C@H](CCCCNC(=O)COCCOCCNC(=O)COCCOCCCC(=O)CC[C@@H](NC(=O)CCCCCCCCCOc1ccc(C(=O)O)cc1)C(=O)O)C(=O)O. The van der Waals surface area contributed by atoms with Crippen LogP contribution >= 0.6 is 0 Å². The van der Waals surface area contributed by atoms with Gasteiger partial charge in [-0.3, -0.25) is 62.5 Å². The summed E-state index contributed by atoms with van der Waals surface area (Å²) in [5.74, 6) is -8.78. The largest absolute Gasteiger partial charge is 0.494 e. The van der Waals surface area contributed by atoms with Crippen LogP contribution in [0, 0.1) is 11.8 Å². The first-order chi connectivity index (χ1) is 63.3. The molecule has 736 valence electrons. The Morgan fingerprint density at radius 3 is 1.27 bits per heavy atom. The highest BCUT2D eigenvalue weighted by Crippen LogP contribution is 2.22. The van der Waals surface area contributed by atoms with E-state index in [1.54, 1.807) is 36.7 Å². The van der Waals surface area contributed by atoms with Crippen molar-refractivity contribution in [2.75, 3.05) is 152 Å². The van der Waals surface area contributed by atoms with E-state index in [1.165, 1.54) is 24.3 Å². The first-order valence-corrected chi connectivity index (χ1v) is 46.2. The number of aliphatic imine (C=N–C) groups is 1. The normalized spacial score (nSPS) is 12.8. The summed E-state index contributed by atoms with van der Waals surface area (Å²) in [5.41, 5.74) is 7.52. The smallest absolute Gasteiger partial charge is 0.335 e. The van der Waals surface area contributed by atoms with Gasteiger partial charge in [0.25, 0.3) is 0 Å². The lowest BCUT2D eigenvalue weighted by Gasteiger charge is -2.20. The molecule has 13 N–H and O–H groups in total. The van der Waals surface area contributed by atoms with E-state index in [4.69, 9.17) is 63.3 Å². The number of Topliss-reactive ketones (excluding diaryl/α,β-unsaturated/α-hetero) is 5. The van der Waals surface area contributed by atoms with Gasteiger partial charge < -0.3 is 111 Å². The third-order valence-corrected chi connectivity index (χ3v) is 21.0. The number of ketones is 5. The average Bonchev–Trinajstić information content (AvgIpc) is 1.89. The summed E-state index contributed by atoms with van der Waals surface area (Å²) in [7, 11) is 0. The Hall–Kier alpha value is -9.90. The molecule has 1 aliphatic rings. The Morgan fingerprint density at radius 1 is 0.344 bits per heavy atom. The molecule has 0 unspecified atom stereocenters. The number of carbonyl (C=O) groups excluding carboxylic acids is 10. The number of ether oxygens (including phenoxy) is 10. The predicted molar refractivity (Wildman–Crippen MR) is 481 cm³/mol. The quantitative estimate of drug-likeness (QED) is 0.0280. The molecule has 0 spiro atoms. The maximum Gasteiger partial charge on any atom is 0.335 e. The molecule has 2 aromatic carbocycles. The maximum atomic E-state index is 13.7. The summed E-state index contributed by atoms with van der Waals surface area (Å²) in [6, 6.07) is 9.76. The maximum absolute atomic E-state index is 13.7. The fraction of sp³-hybridized carbons (Fsp3) is 0.677. The van der Waals surface area contributed by atoms with Gasteiger partial charge in [-0.1, -0.05) is 70.6 Å². The van der Waals surface area contributed by atoms with Gasteiger partial charge in [-0.05, 0) is 150 Å². The molecule has 1 aliphatic heterocycles. The van der Waals surface area contributed by atoms with Gasteiger partial charge in [-0.2, -0.15) is 0 Å². The number of carboxylic acids is 5. The molecule has 1 heterocycles. The van der Waals surface area contributed by atoms with Crippen LogP contribution in [0.15, 0.2) is 65.3 Å². The van der Waals surface area contributed by atoms with Crippen molar-refractivity contribution in [3.05, 3.63) is 71.4 Å². The summed E-state index contributed by atoms with van der Waals surface area (Å²) >= 11 is 0. The first-order valence-electron chi connectivity index (χ1n) is 46.2. The van der Waals surface area contributed by atoms with Crippen LogP contribution in [0.3, 0.4) is 0 Å². The molecular weight excluding hydrogens is 1710 g/mol. The average molecular weight is 1850 g/mol. The summed E-state index contributed by atoms with van der Waals surface area (Å²) < 4.78 is 54.8. The molecule has 0 aromatic heterocycles. The molecule has 0 saturated heterocycles. The number of aliphatic carboxylic acids is 3. The van der Waals surface area contributed by atoms with E-state index in [-0.39, 0.29) is 285 Å². The predicted octanol–water partition coefficient (Wildman–Crippen LogP) is 7.86. The van der Waals surface area contributed by atoms with Crippen LogP contribution < -0.4 is 47.1 Å². The number of benzene rings is 2. The van der Waals surface area contributed by atoms with Crippen molar-refractivity contribution in [2.45, 2.75) is 243 Å². The van der Waals surface area contributed by atoms with Gasteiger partial charge in [-0.25, -0.2) is 14.4 Å². The Balaban J connectivity index is 1.13. The highest BCUT2D eigenvalue weighted by molar-refractivity contribution is 5.90. The number of rotatable bonds is 90. The number of nitrogens with one attached hydrogen (secondary N) is 6. The van der Waals surface area contributed by atoms with Crippen molar-refractivity contribution >= 4 is 94.5 Å². The molecule has 0 aliphatic carbocycles. The Bertz CT molecular complexity index is 3720. The molecule has 38 nitrogen and oxygen atoms in total. The van der Waals surface area contributed by atoms with Crippen molar-refractivity contribution < 1.29 is 145 Å². The molecule has 2 aromatic rings. The zero-order chi connectivity index (χ0) is 95.5. The standard InChI is InChI=1S/C93H144N8O30/c94-79(61-69-41-44-95-63-69)83(106)64-100-80(25-14-16-43-97-87(110)66-127-58-54-123-48-20-24-76(104)65-126-57-55-124-51-45-98-84(107)40-32-73(92(118)119)62-75(103)22-11-7-3-1-5-9-17-49-130-77-34-27-71(28-35-77)90(114)115)82(105)39-31-70(89(112)113)21-13-15-42-96-86(109)67-129-60-56-125-52-46-99-88(111)68-128-59-53-122-47-19-23-74(102)33-38-81(93(120)121)101-85(108)26-12-8-4-2-6-10-18-50-131-78-36-29-72(30-37-78)91(116)117/h27-30,34-37,44,63,70,73,79-81,100H,1-26,31-33,38-43,45-62,64-68,94H2,(H,96,109)(H,97,110)(H,98,107)(H,99,111)(H,101,108)(H,112,113)(H,114,115)(H,116,117)(H,118,119)(H,120,121)/t70-,73+,79-,80-,81+/m0/s1. The minimum atomic E-state index is -1.21. The zero-order valence-corrected chi connectivity index (χ0v) is 76.1. The minimum Gasteiger partial charge on any atom is -0.494 e. The summed E-state index contributed by atoms with van der Waals surface area (Å²) in [4.78, 5) is 188. The molecule has 3 rings (SSSR count). The minimum absolute atomic E-state index is 0.0131. The van der Waals surface area contributed by atoms with E-state index in [0.29, 0.717) is 95.3 Å². The summed E-state index contributed by atoms with van der Waals surface area (Å²) in [6.45, 7) is 3.03. The molecule has 0 saturated carbocycles. The third kappa shape index (κ3) is 63.0.